The van der Waals surface area contributed by atoms with Gasteiger partial charge in [-0.25, -0.2) is 0 Å². The molecule has 0 spiro atoms. The highest BCUT2D eigenvalue weighted by atomic mass is 32.2. The van der Waals surface area contributed by atoms with Crippen LogP contribution in [0.2, 0.25) is 0 Å². The van der Waals surface area contributed by atoms with Gasteiger partial charge < -0.3 is 10.2 Å². The van der Waals surface area contributed by atoms with Gasteiger partial charge in [-0.1, -0.05) is 23.9 Å². The van der Waals surface area contributed by atoms with Crippen LogP contribution in [0.25, 0.3) is 0 Å². The molecule has 7 heteroatoms. The molecule has 0 aromatic heterocycles. The van der Waals surface area contributed by atoms with E-state index in [0.717, 1.165) is 32.6 Å². The van der Waals surface area contributed by atoms with Gasteiger partial charge in [-0.3, -0.25) is 9.69 Å². The molecule has 1 aromatic rings. The van der Waals surface area contributed by atoms with Crippen LogP contribution in [0.3, 0.4) is 0 Å². The van der Waals surface area contributed by atoms with Gasteiger partial charge in [-0.2, -0.15) is 8.78 Å². The van der Waals surface area contributed by atoms with E-state index < -0.39 is 5.76 Å². The summed E-state index contributed by atoms with van der Waals surface area (Å²) < 4.78 is 25.3. The number of thioether (sulfide) groups is 1. The quantitative estimate of drug-likeness (QED) is 0.851. The Labute approximate surface area is 139 Å². The Hall–Kier alpha value is -1.18. The lowest BCUT2D eigenvalue weighted by Gasteiger charge is -2.32. The minimum absolute atomic E-state index is 0.133. The largest absolute Gasteiger partial charge is 0.337 e. The topological polar surface area (TPSA) is 35.6 Å². The monoisotopic (exact) mass is 341 g/mol. The average molecular weight is 341 g/mol. The van der Waals surface area contributed by atoms with Gasteiger partial charge in [-0.15, -0.1) is 0 Å². The molecule has 0 bridgehead atoms. The third-order valence-electron chi connectivity index (χ3n) is 4.45. The highest BCUT2D eigenvalue weighted by molar-refractivity contribution is 7.99. The molecule has 0 saturated carbocycles. The second-order valence-corrected chi connectivity index (χ2v) is 6.89. The van der Waals surface area contributed by atoms with Crippen molar-refractivity contribution in [1.82, 2.24) is 15.1 Å². The minimum Gasteiger partial charge on any atom is -0.337 e. The Morgan fingerprint density at radius 2 is 1.96 bits per heavy atom. The highest BCUT2D eigenvalue weighted by Crippen LogP contribution is 2.30. The van der Waals surface area contributed by atoms with Crippen molar-refractivity contribution in [2.24, 2.45) is 0 Å². The van der Waals surface area contributed by atoms with Crippen LogP contribution in [0, 0.1) is 0 Å². The smallest absolute Gasteiger partial charge is 0.288 e. The average Bonchev–Trinajstić information content (AvgIpc) is 3.05. The number of carbonyl (C=O) groups is 1. The molecule has 1 unspecified atom stereocenters. The molecule has 1 amide bonds. The van der Waals surface area contributed by atoms with Gasteiger partial charge in [0.2, 0.25) is 0 Å². The van der Waals surface area contributed by atoms with E-state index in [1.54, 1.807) is 29.2 Å². The molecule has 0 radical (unpaired) electrons. The molecule has 2 saturated heterocycles. The summed E-state index contributed by atoms with van der Waals surface area (Å²) in [7, 11) is 0. The lowest BCUT2D eigenvalue weighted by Crippen LogP contribution is -2.49. The number of rotatable bonds is 4. The summed E-state index contributed by atoms with van der Waals surface area (Å²) in [5.41, 5.74) is 0.388. The Balaban J connectivity index is 1.67. The molecule has 2 aliphatic heterocycles. The second kappa shape index (κ2) is 7.59. The first kappa shape index (κ1) is 16.7. The van der Waals surface area contributed by atoms with Crippen molar-refractivity contribution in [3.8, 4) is 0 Å². The van der Waals surface area contributed by atoms with E-state index in [2.05, 4.69) is 10.2 Å². The molecule has 126 valence electrons. The van der Waals surface area contributed by atoms with Crippen LogP contribution in [0.5, 0.6) is 0 Å². The number of likely N-dealkylation sites (tertiary alicyclic amines) is 1. The van der Waals surface area contributed by atoms with Crippen LogP contribution in [0.4, 0.5) is 8.78 Å². The van der Waals surface area contributed by atoms with Crippen LogP contribution in [0.15, 0.2) is 29.2 Å². The van der Waals surface area contributed by atoms with Gasteiger partial charge in [0.05, 0.1) is 5.56 Å². The van der Waals surface area contributed by atoms with Gasteiger partial charge in [-0.05, 0) is 18.6 Å². The van der Waals surface area contributed by atoms with Gasteiger partial charge in [0, 0.05) is 50.2 Å². The Morgan fingerprint density at radius 3 is 2.70 bits per heavy atom. The molecule has 0 aliphatic carbocycles. The standard InChI is InChI=1S/C16H21F2N3OS/c17-16(18)23-14-4-2-1-3-13(14)15(22)21-8-5-12(11-21)20-9-6-19-7-10-20/h1-4,12,16,19H,5-11H2. The number of nitrogens with zero attached hydrogens (tertiary/aromatic N) is 2. The van der Waals surface area contributed by atoms with Crippen molar-refractivity contribution in [2.75, 3.05) is 39.3 Å². The van der Waals surface area contributed by atoms with E-state index >= 15 is 0 Å². The number of nitrogens with one attached hydrogen (secondary N) is 1. The highest BCUT2D eigenvalue weighted by Gasteiger charge is 2.32. The van der Waals surface area contributed by atoms with Gasteiger partial charge in [0.25, 0.3) is 11.7 Å². The van der Waals surface area contributed by atoms with Gasteiger partial charge in [0.1, 0.15) is 0 Å². The molecular formula is C16H21F2N3OS. The van der Waals surface area contributed by atoms with Crippen molar-refractivity contribution in [1.29, 1.82) is 0 Å². The van der Waals surface area contributed by atoms with E-state index in [1.807, 2.05) is 0 Å². The summed E-state index contributed by atoms with van der Waals surface area (Å²) in [5, 5.41) is 3.33. The fraction of sp³-hybridized carbons (Fsp3) is 0.562. The molecule has 23 heavy (non-hydrogen) atoms. The second-order valence-electron chi connectivity index (χ2n) is 5.85. The first-order chi connectivity index (χ1) is 11.1. The molecule has 2 aliphatic rings. The summed E-state index contributed by atoms with van der Waals surface area (Å²) in [5.74, 6) is -2.65. The van der Waals surface area contributed by atoms with Crippen molar-refractivity contribution in [3.05, 3.63) is 29.8 Å². The number of carbonyl (C=O) groups excluding carboxylic acids is 1. The predicted octanol–water partition coefficient (Wildman–Crippen LogP) is 2.12. The normalized spacial score (nSPS) is 22.7. The Morgan fingerprint density at radius 1 is 1.22 bits per heavy atom. The number of hydrogen-bond acceptors (Lipinski definition) is 4. The van der Waals surface area contributed by atoms with Crippen molar-refractivity contribution < 1.29 is 13.6 Å². The zero-order chi connectivity index (χ0) is 16.2. The first-order valence-electron chi connectivity index (χ1n) is 7.93. The predicted molar refractivity (Wildman–Crippen MR) is 87.1 cm³/mol. The van der Waals surface area contributed by atoms with E-state index in [-0.39, 0.29) is 5.91 Å². The molecule has 2 heterocycles. The summed E-state index contributed by atoms with van der Waals surface area (Å²) in [6, 6.07) is 7.04. The van der Waals surface area contributed by atoms with E-state index in [4.69, 9.17) is 0 Å². The summed E-state index contributed by atoms with van der Waals surface area (Å²) in [6.07, 6.45) is 0.954. The maximum Gasteiger partial charge on any atom is 0.288 e. The van der Waals surface area contributed by atoms with Crippen LogP contribution in [-0.4, -0.2) is 66.8 Å². The number of hydrogen-bond donors (Lipinski definition) is 1. The zero-order valence-electron chi connectivity index (χ0n) is 12.9. The molecule has 4 nitrogen and oxygen atoms in total. The fourth-order valence-corrected chi connectivity index (χ4v) is 3.92. The van der Waals surface area contributed by atoms with Crippen molar-refractivity contribution in [3.63, 3.8) is 0 Å². The van der Waals surface area contributed by atoms with Crippen LogP contribution in [0.1, 0.15) is 16.8 Å². The van der Waals surface area contributed by atoms with Crippen LogP contribution in [-0.2, 0) is 0 Å². The van der Waals surface area contributed by atoms with Crippen LogP contribution < -0.4 is 5.32 Å². The Kier molecular flexibility index (Phi) is 5.50. The molecule has 1 aromatic carbocycles. The summed E-state index contributed by atoms with van der Waals surface area (Å²) >= 11 is 0.442. The van der Waals surface area contributed by atoms with Crippen molar-refractivity contribution in [2.45, 2.75) is 23.1 Å². The lowest BCUT2D eigenvalue weighted by atomic mass is 10.2. The first-order valence-corrected chi connectivity index (χ1v) is 8.81. The lowest BCUT2D eigenvalue weighted by molar-refractivity contribution is 0.0770. The SMILES string of the molecule is O=C(c1ccccc1SC(F)F)N1CCC(N2CCNCC2)C1. The molecule has 2 fully saturated rings. The third-order valence-corrected chi connectivity index (χ3v) is 5.24. The third kappa shape index (κ3) is 4.02. The zero-order valence-corrected chi connectivity index (χ0v) is 13.7. The van der Waals surface area contributed by atoms with E-state index in [9.17, 15) is 13.6 Å². The van der Waals surface area contributed by atoms with Crippen LogP contribution >= 0.6 is 11.8 Å². The molecule has 1 N–H and O–H groups in total. The fourth-order valence-electron chi connectivity index (χ4n) is 3.28. The van der Waals surface area contributed by atoms with Crippen molar-refractivity contribution >= 4 is 17.7 Å². The minimum atomic E-state index is -2.52. The van der Waals surface area contributed by atoms with Gasteiger partial charge in [0.15, 0.2) is 0 Å². The number of piperazine rings is 1. The Bertz CT molecular complexity index is 552. The number of benzene rings is 1. The molecular weight excluding hydrogens is 320 g/mol. The number of amides is 1. The molecule has 3 rings (SSSR count). The van der Waals surface area contributed by atoms with E-state index in [1.165, 1.54) is 0 Å². The summed E-state index contributed by atoms with van der Waals surface area (Å²) in [4.78, 5) is 17.3. The summed E-state index contributed by atoms with van der Waals surface area (Å²) in [6.45, 7) is 5.36. The van der Waals surface area contributed by atoms with Gasteiger partial charge >= 0.3 is 0 Å². The maximum absolute atomic E-state index is 12.7. The number of halogens is 2. The van der Waals surface area contributed by atoms with E-state index in [0.29, 0.717) is 41.4 Å². The maximum atomic E-state index is 12.7. The number of alkyl halides is 2. The molecule has 1 atom stereocenters.